The molecule has 1 saturated carbocycles. The monoisotopic (exact) mass is 604 g/mol. The van der Waals surface area contributed by atoms with Crippen LogP contribution in [0.2, 0.25) is 5.02 Å². The van der Waals surface area contributed by atoms with E-state index in [9.17, 15) is 18.4 Å². The van der Waals surface area contributed by atoms with Crippen molar-refractivity contribution in [1.29, 1.82) is 0 Å². The van der Waals surface area contributed by atoms with Gasteiger partial charge in [-0.2, -0.15) is 4.98 Å². The standard InChI is InChI=1S/C28H35ClF2N8O3/c1-28(2,3)42-27(41)38-10-4-5-17(14-38)34-25-33-13-21-24(37-25)39(18-8-6-15(7-9-18)23(32)40)26(35-21)36-22-19(30)11-16(29)12-20(22)31/h11-13,15,17-18H,4-10,14H2,1-3H3,(H2,32,40)(H,35,36)(H,33,34,37)/t15-,17-,18-/m1/s1. The number of nitrogens with two attached hydrogens (primary N) is 1. The van der Waals surface area contributed by atoms with Crippen LogP contribution in [-0.2, 0) is 9.53 Å². The number of carbonyl (C=O) groups excluding carboxylic acids is 2. The molecule has 2 aromatic heterocycles. The van der Waals surface area contributed by atoms with E-state index < -0.39 is 22.9 Å². The Bertz CT molecular complexity index is 1460. The number of benzene rings is 1. The molecule has 11 nitrogen and oxygen atoms in total. The van der Waals surface area contributed by atoms with Crippen molar-refractivity contribution in [3.05, 3.63) is 35.0 Å². The van der Waals surface area contributed by atoms with Crippen molar-refractivity contribution >= 4 is 52.3 Å². The molecule has 42 heavy (non-hydrogen) atoms. The molecular weight excluding hydrogens is 570 g/mol. The molecule has 2 aliphatic rings. The molecule has 0 bridgehead atoms. The van der Waals surface area contributed by atoms with Crippen LogP contribution >= 0.6 is 11.6 Å². The summed E-state index contributed by atoms with van der Waals surface area (Å²) in [6, 6.07) is 1.77. The van der Waals surface area contributed by atoms with Crippen molar-refractivity contribution in [2.45, 2.75) is 77.0 Å². The van der Waals surface area contributed by atoms with Gasteiger partial charge >= 0.3 is 6.09 Å². The molecule has 1 aliphatic heterocycles. The maximum absolute atomic E-state index is 14.7. The number of nitrogens with zero attached hydrogens (tertiary/aromatic N) is 5. The lowest BCUT2D eigenvalue weighted by Gasteiger charge is -2.34. The van der Waals surface area contributed by atoms with Crippen molar-refractivity contribution in [3.8, 4) is 0 Å². The van der Waals surface area contributed by atoms with E-state index in [2.05, 4.69) is 20.6 Å². The van der Waals surface area contributed by atoms with Crippen LogP contribution in [-0.4, -0.2) is 61.2 Å². The van der Waals surface area contributed by atoms with E-state index in [0.29, 0.717) is 55.9 Å². The highest BCUT2D eigenvalue weighted by atomic mass is 35.5. The van der Waals surface area contributed by atoms with Gasteiger partial charge in [0.05, 0.1) is 6.20 Å². The Hall–Kier alpha value is -3.74. The Morgan fingerprint density at radius 2 is 1.79 bits per heavy atom. The number of anilines is 3. The number of ether oxygens (including phenoxy) is 1. The maximum atomic E-state index is 14.7. The SMILES string of the molecule is CC(C)(C)OC(=O)N1CCC[C@@H](Nc2ncc3nc(Nc4c(F)cc(Cl)cc4F)n([C@H]4CC[C@H](C(N)=O)CC4)c3n2)C1. The van der Waals surface area contributed by atoms with Crippen LogP contribution in [0, 0.1) is 17.6 Å². The lowest BCUT2D eigenvalue weighted by Crippen LogP contribution is -2.47. The first kappa shape index (κ1) is 29.7. The van der Waals surface area contributed by atoms with Crippen molar-refractivity contribution in [2.75, 3.05) is 23.7 Å². The van der Waals surface area contributed by atoms with Crippen LogP contribution in [0.4, 0.5) is 31.2 Å². The third-order valence-electron chi connectivity index (χ3n) is 7.55. The highest BCUT2D eigenvalue weighted by Crippen LogP contribution is 2.38. The Morgan fingerprint density at radius 3 is 2.43 bits per heavy atom. The summed E-state index contributed by atoms with van der Waals surface area (Å²) in [5, 5.41) is 6.06. The first-order valence-corrected chi connectivity index (χ1v) is 14.5. The number of hydrogen-bond donors (Lipinski definition) is 3. The number of piperidine rings is 1. The molecule has 0 unspecified atom stereocenters. The van der Waals surface area contributed by atoms with Gasteiger partial charge in [-0.1, -0.05) is 11.6 Å². The zero-order chi connectivity index (χ0) is 30.2. The van der Waals surface area contributed by atoms with Gasteiger partial charge in [-0.3, -0.25) is 9.36 Å². The lowest BCUT2D eigenvalue weighted by atomic mass is 9.85. The van der Waals surface area contributed by atoms with Crippen molar-refractivity contribution in [1.82, 2.24) is 24.4 Å². The number of primary amides is 1. The van der Waals surface area contributed by atoms with Gasteiger partial charge in [0, 0.05) is 36.1 Å². The van der Waals surface area contributed by atoms with Gasteiger partial charge in [-0.15, -0.1) is 0 Å². The van der Waals surface area contributed by atoms with E-state index in [-0.39, 0.29) is 41.0 Å². The number of aromatic nitrogens is 4. The summed E-state index contributed by atoms with van der Waals surface area (Å²) in [6.07, 6.45) is 5.10. The molecule has 3 aromatic rings. The summed E-state index contributed by atoms with van der Waals surface area (Å²) < 4.78 is 36.8. The van der Waals surface area contributed by atoms with Crippen molar-refractivity contribution in [2.24, 2.45) is 11.7 Å². The van der Waals surface area contributed by atoms with Gasteiger partial charge in [-0.25, -0.2) is 23.5 Å². The van der Waals surface area contributed by atoms with Gasteiger partial charge in [0.2, 0.25) is 17.8 Å². The van der Waals surface area contributed by atoms with Crippen LogP contribution in [0.5, 0.6) is 0 Å². The lowest BCUT2D eigenvalue weighted by molar-refractivity contribution is -0.122. The van der Waals surface area contributed by atoms with E-state index in [1.165, 1.54) is 0 Å². The van der Waals surface area contributed by atoms with Gasteiger partial charge in [0.1, 0.15) is 16.8 Å². The molecule has 1 saturated heterocycles. The molecule has 1 aromatic carbocycles. The molecule has 1 atom stereocenters. The molecule has 2 fully saturated rings. The van der Waals surface area contributed by atoms with E-state index in [0.717, 1.165) is 25.0 Å². The predicted molar refractivity (Wildman–Crippen MR) is 155 cm³/mol. The van der Waals surface area contributed by atoms with Gasteiger partial charge in [-0.05, 0) is 71.4 Å². The molecule has 4 N–H and O–H groups in total. The minimum atomic E-state index is -0.865. The minimum absolute atomic E-state index is 0.0663. The molecule has 5 rings (SSSR count). The first-order valence-electron chi connectivity index (χ1n) is 14.1. The van der Waals surface area contributed by atoms with Crippen LogP contribution in [0.1, 0.15) is 65.3 Å². The van der Waals surface area contributed by atoms with Crippen LogP contribution in [0.25, 0.3) is 11.2 Å². The molecule has 2 amide bonds. The molecule has 0 radical (unpaired) electrons. The summed E-state index contributed by atoms with van der Waals surface area (Å²) in [5.74, 6) is -1.78. The van der Waals surface area contributed by atoms with E-state index in [1.54, 1.807) is 15.7 Å². The Labute approximate surface area is 247 Å². The van der Waals surface area contributed by atoms with Crippen LogP contribution in [0.15, 0.2) is 18.3 Å². The van der Waals surface area contributed by atoms with E-state index in [1.807, 2.05) is 20.8 Å². The number of nitrogens with one attached hydrogen (secondary N) is 2. The summed E-state index contributed by atoms with van der Waals surface area (Å²) in [6.45, 7) is 6.51. The van der Waals surface area contributed by atoms with E-state index >= 15 is 0 Å². The predicted octanol–water partition coefficient (Wildman–Crippen LogP) is 5.53. The third-order valence-corrected chi connectivity index (χ3v) is 7.77. The van der Waals surface area contributed by atoms with E-state index in [4.69, 9.17) is 27.1 Å². The number of amides is 2. The molecular formula is C28H35ClF2N8O3. The average Bonchev–Trinajstić information content (AvgIpc) is 3.27. The molecule has 0 spiro atoms. The molecule has 14 heteroatoms. The van der Waals surface area contributed by atoms with Gasteiger partial charge in [0.25, 0.3) is 0 Å². The second kappa shape index (κ2) is 11.9. The number of hydrogen-bond acceptors (Lipinski definition) is 8. The Morgan fingerprint density at radius 1 is 1.10 bits per heavy atom. The summed E-state index contributed by atoms with van der Waals surface area (Å²) >= 11 is 5.81. The third kappa shape index (κ3) is 6.66. The first-order chi connectivity index (χ1) is 19.9. The summed E-state index contributed by atoms with van der Waals surface area (Å²) in [7, 11) is 0. The number of imidazole rings is 1. The fraction of sp³-hybridized carbons (Fsp3) is 0.536. The number of likely N-dealkylation sites (tertiary alicyclic amines) is 1. The Balaban J connectivity index is 1.44. The fourth-order valence-electron chi connectivity index (χ4n) is 5.56. The largest absolute Gasteiger partial charge is 0.444 e. The maximum Gasteiger partial charge on any atom is 0.410 e. The number of rotatable bonds is 6. The number of fused-ring (bicyclic) bond motifs is 1. The molecule has 1 aliphatic carbocycles. The highest BCUT2D eigenvalue weighted by molar-refractivity contribution is 6.30. The quantitative estimate of drug-likeness (QED) is 0.334. The van der Waals surface area contributed by atoms with Crippen molar-refractivity contribution < 1.29 is 23.1 Å². The normalized spacial score (nSPS) is 21.3. The van der Waals surface area contributed by atoms with Gasteiger partial charge in [0.15, 0.2) is 17.3 Å². The topological polar surface area (TPSA) is 140 Å². The minimum Gasteiger partial charge on any atom is -0.444 e. The van der Waals surface area contributed by atoms with Crippen LogP contribution in [0.3, 0.4) is 0 Å². The second-order valence-corrected chi connectivity index (χ2v) is 12.3. The van der Waals surface area contributed by atoms with Gasteiger partial charge < -0.3 is 26.0 Å². The van der Waals surface area contributed by atoms with Crippen molar-refractivity contribution in [3.63, 3.8) is 0 Å². The zero-order valence-corrected chi connectivity index (χ0v) is 24.5. The number of halogens is 3. The highest BCUT2D eigenvalue weighted by Gasteiger charge is 2.31. The Kier molecular flexibility index (Phi) is 8.40. The second-order valence-electron chi connectivity index (χ2n) is 11.9. The van der Waals surface area contributed by atoms with Crippen LogP contribution < -0.4 is 16.4 Å². The molecule has 226 valence electrons. The fourth-order valence-corrected chi connectivity index (χ4v) is 5.75. The zero-order valence-electron chi connectivity index (χ0n) is 23.8. The molecule has 3 heterocycles. The number of carbonyl (C=O) groups is 2. The smallest absolute Gasteiger partial charge is 0.410 e. The summed E-state index contributed by atoms with van der Waals surface area (Å²) in [5.41, 5.74) is 5.45. The average molecular weight is 605 g/mol. The summed E-state index contributed by atoms with van der Waals surface area (Å²) in [4.78, 5) is 39.8.